The molecule has 220 valence electrons. The molecule has 2 unspecified atom stereocenters. The van der Waals surface area contributed by atoms with E-state index in [-0.39, 0.29) is 23.9 Å². The lowest BCUT2D eigenvalue weighted by atomic mass is 9.69. The number of aliphatic hydroxyl groups is 1. The maximum atomic E-state index is 14.2. The Morgan fingerprint density at radius 3 is 2.53 bits per heavy atom. The number of rotatable bonds is 6. The van der Waals surface area contributed by atoms with Crippen molar-refractivity contribution in [2.45, 2.75) is 30.7 Å². The van der Waals surface area contributed by atoms with Gasteiger partial charge in [0.15, 0.2) is 5.78 Å². The Morgan fingerprint density at radius 1 is 1.12 bits per heavy atom. The van der Waals surface area contributed by atoms with Crippen LogP contribution in [0.25, 0.3) is 10.1 Å². The zero-order valence-electron chi connectivity index (χ0n) is 23.4. The van der Waals surface area contributed by atoms with Crippen molar-refractivity contribution in [2.24, 2.45) is 11.5 Å². The Kier molecular flexibility index (Phi) is 7.05. The number of nitrogens with two attached hydrogens (primary N) is 3. The molecule has 0 spiro atoms. The Hall–Kier alpha value is -4.55. The van der Waals surface area contributed by atoms with Gasteiger partial charge in [0.1, 0.15) is 17.0 Å². The van der Waals surface area contributed by atoms with Crippen molar-refractivity contribution in [3.63, 3.8) is 0 Å². The lowest BCUT2D eigenvalue weighted by Crippen LogP contribution is -2.53. The number of carbonyl (C=O) groups excluding carboxylic acids is 3. The normalized spacial score (nSPS) is 22.9. The molecule has 2 aliphatic rings. The first-order chi connectivity index (χ1) is 20.5. The molecule has 1 aliphatic carbocycles. The topological polar surface area (TPSA) is 174 Å². The smallest absolute Gasteiger partial charge is 0.262 e. The molecule has 43 heavy (non-hydrogen) atoms. The molecule has 0 radical (unpaired) electrons. The van der Waals surface area contributed by atoms with E-state index in [0.29, 0.717) is 44.0 Å². The van der Waals surface area contributed by atoms with Crippen LogP contribution in [0, 0.1) is 6.92 Å². The van der Waals surface area contributed by atoms with Gasteiger partial charge in [-0.3, -0.25) is 14.4 Å². The fraction of sp³-hybridized carbons (Fsp3) is 0.219. The second-order valence-electron chi connectivity index (χ2n) is 10.9. The third-order valence-corrected chi connectivity index (χ3v) is 9.47. The third-order valence-electron chi connectivity index (χ3n) is 8.21. The van der Waals surface area contributed by atoms with E-state index in [0.717, 1.165) is 23.0 Å². The van der Waals surface area contributed by atoms with Gasteiger partial charge in [-0.1, -0.05) is 36.9 Å². The molecule has 2 heterocycles. The number of amides is 2. The average molecular weight is 598 g/mol. The first-order valence-electron chi connectivity index (χ1n) is 13.7. The van der Waals surface area contributed by atoms with Gasteiger partial charge < -0.3 is 37.3 Å². The number of hydrogen-bond acceptors (Lipinski definition) is 9. The zero-order chi connectivity index (χ0) is 30.6. The van der Waals surface area contributed by atoms with Crippen molar-refractivity contribution in [3.8, 4) is 11.5 Å². The lowest BCUT2D eigenvalue weighted by molar-refractivity contribution is -0.125. The van der Waals surface area contributed by atoms with E-state index in [1.165, 1.54) is 4.90 Å². The van der Waals surface area contributed by atoms with Gasteiger partial charge in [-0.25, -0.2) is 0 Å². The van der Waals surface area contributed by atoms with Crippen molar-refractivity contribution < 1.29 is 24.2 Å². The molecule has 2 amide bonds. The van der Waals surface area contributed by atoms with Crippen LogP contribution in [0.2, 0.25) is 0 Å². The molecule has 10 nitrogen and oxygen atoms in total. The summed E-state index contributed by atoms with van der Waals surface area (Å²) in [5, 5.41) is 13.9. The van der Waals surface area contributed by atoms with Crippen LogP contribution in [-0.2, 0) is 15.1 Å². The number of nitrogens with zero attached hydrogens (tertiary/aromatic N) is 1. The first kappa shape index (κ1) is 28.6. The van der Waals surface area contributed by atoms with Gasteiger partial charge >= 0.3 is 0 Å². The number of nitrogen functional groups attached to an aromatic ring is 1. The molecule has 3 aromatic carbocycles. The second-order valence-corrected chi connectivity index (χ2v) is 11.9. The molecule has 4 aromatic rings. The van der Waals surface area contributed by atoms with Crippen LogP contribution in [0.3, 0.4) is 0 Å². The highest BCUT2D eigenvalue weighted by atomic mass is 32.1. The monoisotopic (exact) mass is 597 g/mol. The molecule has 1 aromatic heterocycles. The standard InChI is InChI=1S/C32H31N5O5S/c1-3-24(39)37-14-22(23(38)15-37)36-31(41)29-26-25-20(11-12-21(33)28(25)43-29)32(35,30(40)27(26)34)19-10-9-18(13-16(19)2)42-17-7-5-4-6-8-17/h3-13,22-23,27,38H,1,14-15,33-35H2,2H3,(H,36,41)/t22-,23-,27?,32?/m0/s1. The van der Waals surface area contributed by atoms with Crippen LogP contribution in [0.4, 0.5) is 5.69 Å². The number of β-amino-alcohol motifs (C(OH)–C–C–N with tert-alkyl or cyclic N) is 1. The summed E-state index contributed by atoms with van der Waals surface area (Å²) in [7, 11) is 0. The number of benzene rings is 3. The van der Waals surface area contributed by atoms with Gasteiger partial charge in [0.05, 0.1) is 27.8 Å². The van der Waals surface area contributed by atoms with Crippen LogP contribution < -0.4 is 27.3 Å². The number of nitrogens with one attached hydrogen (secondary N) is 1. The quantitative estimate of drug-likeness (QED) is 0.167. The number of carbonyl (C=O) groups is 3. The highest BCUT2D eigenvalue weighted by Gasteiger charge is 2.49. The van der Waals surface area contributed by atoms with Gasteiger partial charge in [-0.2, -0.15) is 0 Å². The Balaban J connectivity index is 1.40. The van der Waals surface area contributed by atoms with E-state index >= 15 is 0 Å². The number of ketones is 1. The molecular weight excluding hydrogens is 566 g/mol. The summed E-state index contributed by atoms with van der Waals surface area (Å²) in [5.74, 6) is -0.0745. The molecule has 1 aliphatic heterocycles. The van der Waals surface area contributed by atoms with E-state index in [1.807, 2.05) is 43.3 Å². The minimum Gasteiger partial charge on any atom is -0.457 e. The SMILES string of the molecule is C=CC(=O)N1C[C@H](NC(=O)c2sc3c(N)ccc4c3c2C(N)C(=O)C4(N)c2ccc(Oc3ccccc3)cc2C)[C@@H](O)C1. The third kappa shape index (κ3) is 4.57. The lowest BCUT2D eigenvalue weighted by Gasteiger charge is -2.37. The van der Waals surface area contributed by atoms with Crippen molar-refractivity contribution in [2.75, 3.05) is 18.8 Å². The number of anilines is 1. The number of para-hydroxylation sites is 1. The van der Waals surface area contributed by atoms with Crippen LogP contribution in [0.5, 0.6) is 11.5 Å². The summed E-state index contributed by atoms with van der Waals surface area (Å²) in [6.07, 6.45) is 0.190. The molecule has 0 saturated carbocycles. The number of thiophene rings is 1. The van der Waals surface area contributed by atoms with E-state index in [2.05, 4.69) is 11.9 Å². The Bertz CT molecular complexity index is 1800. The maximum Gasteiger partial charge on any atom is 0.262 e. The summed E-state index contributed by atoms with van der Waals surface area (Å²) >= 11 is 1.12. The summed E-state index contributed by atoms with van der Waals surface area (Å²) in [6.45, 7) is 5.51. The number of likely N-dealkylation sites (tertiary alicyclic amines) is 1. The number of aryl methyl sites for hydroxylation is 1. The van der Waals surface area contributed by atoms with E-state index in [4.69, 9.17) is 21.9 Å². The average Bonchev–Trinajstić information content (AvgIpc) is 3.57. The van der Waals surface area contributed by atoms with Gasteiger partial charge in [-0.15, -0.1) is 11.3 Å². The molecule has 0 bridgehead atoms. The van der Waals surface area contributed by atoms with Gasteiger partial charge in [0, 0.05) is 29.7 Å². The molecule has 6 rings (SSSR count). The van der Waals surface area contributed by atoms with Crippen molar-refractivity contribution in [3.05, 3.63) is 100 Å². The highest BCUT2D eigenvalue weighted by molar-refractivity contribution is 7.21. The first-order valence-corrected chi connectivity index (χ1v) is 14.5. The highest BCUT2D eigenvalue weighted by Crippen LogP contribution is 2.50. The minimum atomic E-state index is -1.62. The molecule has 1 saturated heterocycles. The second kappa shape index (κ2) is 10.6. The number of aliphatic hydroxyl groups excluding tert-OH is 1. The largest absolute Gasteiger partial charge is 0.457 e. The van der Waals surface area contributed by atoms with E-state index in [1.54, 1.807) is 24.3 Å². The number of hydrogen-bond donors (Lipinski definition) is 5. The van der Waals surface area contributed by atoms with Gasteiger partial charge in [0.2, 0.25) is 5.91 Å². The summed E-state index contributed by atoms with van der Waals surface area (Å²) in [5.41, 5.74) is 21.0. The maximum absolute atomic E-state index is 14.2. The van der Waals surface area contributed by atoms with Crippen LogP contribution in [0.1, 0.15) is 38.0 Å². The predicted molar refractivity (Wildman–Crippen MR) is 165 cm³/mol. The van der Waals surface area contributed by atoms with E-state index in [9.17, 15) is 19.5 Å². The van der Waals surface area contributed by atoms with Crippen molar-refractivity contribution in [1.29, 1.82) is 0 Å². The van der Waals surface area contributed by atoms with Crippen molar-refractivity contribution >= 4 is 44.7 Å². The van der Waals surface area contributed by atoms with E-state index < -0.39 is 35.4 Å². The Morgan fingerprint density at radius 2 is 1.84 bits per heavy atom. The minimum absolute atomic E-state index is 0.0639. The molecule has 8 N–H and O–H groups in total. The van der Waals surface area contributed by atoms with Gasteiger partial charge in [-0.05, 0) is 60.0 Å². The molecule has 11 heteroatoms. The molecule has 1 fully saturated rings. The number of ether oxygens (including phenoxy) is 1. The van der Waals surface area contributed by atoms with Crippen molar-refractivity contribution in [1.82, 2.24) is 10.2 Å². The Labute approximate surface area is 251 Å². The van der Waals surface area contributed by atoms with Crippen LogP contribution in [0.15, 0.2) is 73.3 Å². The molecule has 4 atom stereocenters. The van der Waals surface area contributed by atoms with Gasteiger partial charge in [0.25, 0.3) is 5.91 Å². The summed E-state index contributed by atoms with van der Waals surface area (Å²) in [4.78, 5) is 41.4. The fourth-order valence-electron chi connectivity index (χ4n) is 6.07. The van der Waals surface area contributed by atoms with Crippen LogP contribution in [-0.4, -0.2) is 52.8 Å². The number of Topliss-reactive ketones (excluding diaryl/α,β-unsaturated/α-hetero) is 1. The zero-order valence-corrected chi connectivity index (χ0v) is 24.2. The molecular formula is C32H31N5O5S. The predicted octanol–water partition coefficient (Wildman–Crippen LogP) is 2.86. The summed E-state index contributed by atoms with van der Waals surface area (Å²) < 4.78 is 6.57. The van der Waals surface area contributed by atoms with Crippen LogP contribution >= 0.6 is 11.3 Å². The fourth-order valence-corrected chi connectivity index (χ4v) is 7.27. The summed E-state index contributed by atoms with van der Waals surface area (Å²) in [6, 6.07) is 16.1.